The second-order valence-electron chi connectivity index (χ2n) is 1.95. The Morgan fingerprint density at radius 2 is 1.67 bits per heavy atom. The van der Waals surface area contributed by atoms with Crippen LogP contribution in [0.25, 0.3) is 0 Å². The highest BCUT2D eigenvalue weighted by atomic mass is 16.3. The van der Waals surface area contributed by atoms with Crippen LogP contribution >= 0.6 is 0 Å². The van der Waals surface area contributed by atoms with Crippen LogP contribution in [-0.4, -0.2) is 35.5 Å². The van der Waals surface area contributed by atoms with Gasteiger partial charge in [-0.05, 0) is 13.0 Å². The van der Waals surface area contributed by atoms with Crippen molar-refractivity contribution in [3.05, 3.63) is 0 Å². The van der Waals surface area contributed by atoms with Crippen LogP contribution in [0.1, 0.15) is 6.42 Å². The SMILES string of the molecule is NCC[C@@H](O)[C@H](O)CN. The molecule has 0 aromatic rings. The highest BCUT2D eigenvalue weighted by molar-refractivity contribution is 4.67. The van der Waals surface area contributed by atoms with Gasteiger partial charge in [0.05, 0.1) is 12.2 Å². The Morgan fingerprint density at radius 3 is 2.00 bits per heavy atom. The van der Waals surface area contributed by atoms with E-state index in [-0.39, 0.29) is 6.54 Å². The van der Waals surface area contributed by atoms with Crippen molar-refractivity contribution in [1.29, 1.82) is 0 Å². The Bertz CT molecular complexity index is 70.0. The standard InChI is InChI=1S/C5H14N2O2/c6-2-1-4(8)5(9)3-7/h4-5,8-9H,1-3,6-7H2/t4-,5-/m1/s1. The summed E-state index contributed by atoms with van der Waals surface area (Å²) in [7, 11) is 0. The van der Waals surface area contributed by atoms with E-state index in [1.54, 1.807) is 0 Å². The van der Waals surface area contributed by atoms with Crippen molar-refractivity contribution in [1.82, 2.24) is 0 Å². The summed E-state index contributed by atoms with van der Waals surface area (Å²) in [5.74, 6) is 0. The number of aliphatic hydroxyl groups is 2. The molecule has 0 heterocycles. The normalized spacial score (nSPS) is 17.3. The summed E-state index contributed by atoms with van der Waals surface area (Å²) in [6.07, 6.45) is -1.19. The molecule has 0 rings (SSSR count). The number of nitrogens with two attached hydrogens (primary N) is 2. The van der Waals surface area contributed by atoms with Crippen LogP contribution in [0, 0.1) is 0 Å². The smallest absolute Gasteiger partial charge is 0.0921 e. The summed E-state index contributed by atoms with van der Waals surface area (Å²) in [6.45, 7) is 0.458. The van der Waals surface area contributed by atoms with Crippen molar-refractivity contribution < 1.29 is 10.2 Å². The molecule has 0 fully saturated rings. The van der Waals surface area contributed by atoms with Gasteiger partial charge in [0.15, 0.2) is 0 Å². The lowest BCUT2D eigenvalue weighted by molar-refractivity contribution is 0.0219. The predicted octanol–water partition coefficient (Wildman–Crippen LogP) is -1.98. The third kappa shape index (κ3) is 3.42. The summed E-state index contributed by atoms with van der Waals surface area (Å²) in [6, 6.07) is 0. The topological polar surface area (TPSA) is 92.5 Å². The van der Waals surface area contributed by atoms with Gasteiger partial charge in [0.2, 0.25) is 0 Å². The fraction of sp³-hybridized carbons (Fsp3) is 1.00. The van der Waals surface area contributed by atoms with E-state index >= 15 is 0 Å². The minimum atomic E-state index is -0.825. The van der Waals surface area contributed by atoms with E-state index in [2.05, 4.69) is 0 Å². The Hall–Kier alpha value is -0.160. The van der Waals surface area contributed by atoms with Crippen LogP contribution in [0.15, 0.2) is 0 Å². The molecular weight excluding hydrogens is 120 g/mol. The molecule has 0 saturated heterocycles. The van der Waals surface area contributed by atoms with Crippen molar-refractivity contribution >= 4 is 0 Å². The van der Waals surface area contributed by atoms with Gasteiger partial charge >= 0.3 is 0 Å². The van der Waals surface area contributed by atoms with E-state index in [0.717, 1.165) is 0 Å². The number of aliphatic hydroxyl groups excluding tert-OH is 2. The Kier molecular flexibility index (Phi) is 4.61. The lowest BCUT2D eigenvalue weighted by Crippen LogP contribution is -2.34. The third-order valence-electron chi connectivity index (χ3n) is 1.15. The molecule has 4 heteroatoms. The molecule has 0 aliphatic rings. The van der Waals surface area contributed by atoms with Crippen LogP contribution in [0.5, 0.6) is 0 Å². The van der Waals surface area contributed by atoms with Gasteiger partial charge in [-0.15, -0.1) is 0 Å². The van der Waals surface area contributed by atoms with Crippen molar-refractivity contribution in [2.45, 2.75) is 18.6 Å². The molecule has 0 aromatic heterocycles. The van der Waals surface area contributed by atoms with Gasteiger partial charge in [-0.2, -0.15) is 0 Å². The van der Waals surface area contributed by atoms with E-state index in [9.17, 15) is 0 Å². The maximum atomic E-state index is 8.91. The van der Waals surface area contributed by atoms with E-state index in [1.807, 2.05) is 0 Å². The summed E-state index contributed by atoms with van der Waals surface area (Å²) in [5, 5.41) is 17.7. The van der Waals surface area contributed by atoms with Crippen LogP contribution < -0.4 is 11.5 Å². The van der Waals surface area contributed by atoms with Crippen molar-refractivity contribution in [3.8, 4) is 0 Å². The average molecular weight is 134 g/mol. The molecule has 9 heavy (non-hydrogen) atoms. The molecule has 56 valence electrons. The molecule has 0 unspecified atom stereocenters. The van der Waals surface area contributed by atoms with Crippen molar-refractivity contribution in [2.24, 2.45) is 11.5 Å². The van der Waals surface area contributed by atoms with Crippen molar-refractivity contribution in [3.63, 3.8) is 0 Å². The first kappa shape index (κ1) is 8.84. The fourth-order valence-electron chi connectivity index (χ4n) is 0.520. The summed E-state index contributed by atoms with van der Waals surface area (Å²) in [5.41, 5.74) is 10.2. The zero-order chi connectivity index (χ0) is 7.28. The number of hydrogen-bond donors (Lipinski definition) is 4. The second-order valence-corrected chi connectivity index (χ2v) is 1.95. The molecule has 2 atom stereocenters. The Balaban J connectivity index is 3.32. The highest BCUT2D eigenvalue weighted by Crippen LogP contribution is 1.94. The Morgan fingerprint density at radius 1 is 1.11 bits per heavy atom. The molecule has 0 saturated carbocycles. The zero-order valence-corrected chi connectivity index (χ0v) is 5.33. The maximum absolute atomic E-state index is 8.91. The first-order chi connectivity index (χ1) is 4.22. The van der Waals surface area contributed by atoms with Gasteiger partial charge < -0.3 is 21.7 Å². The van der Waals surface area contributed by atoms with E-state index in [1.165, 1.54) is 0 Å². The zero-order valence-electron chi connectivity index (χ0n) is 5.33. The van der Waals surface area contributed by atoms with Gasteiger partial charge in [0.25, 0.3) is 0 Å². The first-order valence-corrected chi connectivity index (χ1v) is 2.98. The third-order valence-corrected chi connectivity index (χ3v) is 1.15. The molecule has 0 bridgehead atoms. The molecular formula is C5H14N2O2. The molecule has 0 amide bonds. The maximum Gasteiger partial charge on any atom is 0.0921 e. The molecule has 0 aliphatic heterocycles. The fourth-order valence-corrected chi connectivity index (χ4v) is 0.520. The van der Waals surface area contributed by atoms with Crippen LogP contribution in [-0.2, 0) is 0 Å². The molecule has 6 N–H and O–H groups in total. The monoisotopic (exact) mass is 134 g/mol. The number of hydrogen-bond acceptors (Lipinski definition) is 4. The van der Waals surface area contributed by atoms with E-state index in [4.69, 9.17) is 21.7 Å². The molecule has 0 aliphatic carbocycles. The summed E-state index contributed by atoms with van der Waals surface area (Å²) in [4.78, 5) is 0. The van der Waals surface area contributed by atoms with Gasteiger partial charge in [-0.1, -0.05) is 0 Å². The molecule has 0 aromatic carbocycles. The van der Waals surface area contributed by atoms with Crippen LogP contribution in [0.3, 0.4) is 0 Å². The largest absolute Gasteiger partial charge is 0.390 e. The quantitative estimate of drug-likeness (QED) is 0.358. The van der Waals surface area contributed by atoms with Gasteiger partial charge in [0.1, 0.15) is 0 Å². The highest BCUT2D eigenvalue weighted by Gasteiger charge is 2.11. The van der Waals surface area contributed by atoms with Crippen LogP contribution in [0.2, 0.25) is 0 Å². The van der Waals surface area contributed by atoms with Gasteiger partial charge in [0, 0.05) is 6.54 Å². The average Bonchev–Trinajstić information content (AvgIpc) is 1.87. The lowest BCUT2D eigenvalue weighted by atomic mass is 10.1. The Labute approximate surface area is 54.5 Å². The first-order valence-electron chi connectivity index (χ1n) is 2.98. The van der Waals surface area contributed by atoms with Crippen molar-refractivity contribution in [2.75, 3.05) is 13.1 Å². The molecule has 4 nitrogen and oxygen atoms in total. The van der Waals surface area contributed by atoms with Gasteiger partial charge in [-0.3, -0.25) is 0 Å². The van der Waals surface area contributed by atoms with E-state index < -0.39 is 12.2 Å². The predicted molar refractivity (Wildman–Crippen MR) is 34.7 cm³/mol. The van der Waals surface area contributed by atoms with Gasteiger partial charge in [-0.25, -0.2) is 0 Å². The van der Waals surface area contributed by atoms with E-state index in [0.29, 0.717) is 13.0 Å². The molecule has 0 spiro atoms. The second kappa shape index (κ2) is 4.69. The molecule has 0 radical (unpaired) electrons. The minimum Gasteiger partial charge on any atom is -0.390 e. The number of rotatable bonds is 4. The minimum absolute atomic E-state index is 0.0845. The summed E-state index contributed by atoms with van der Waals surface area (Å²) < 4.78 is 0. The van der Waals surface area contributed by atoms with Crippen LogP contribution in [0.4, 0.5) is 0 Å². The summed E-state index contributed by atoms with van der Waals surface area (Å²) >= 11 is 0. The lowest BCUT2D eigenvalue weighted by Gasteiger charge is -2.13.